The Balaban J connectivity index is 1.55. The number of carbonyl (C=O) groups is 1. The third kappa shape index (κ3) is 2.64. The summed E-state index contributed by atoms with van der Waals surface area (Å²) < 4.78 is 7.76. The minimum absolute atomic E-state index is 0.0251. The average molecular weight is 423 g/mol. The maximum Gasteiger partial charge on any atom is 0.270 e. The second-order valence-electron chi connectivity index (χ2n) is 8.90. The number of anilines is 1. The van der Waals surface area contributed by atoms with Crippen molar-refractivity contribution in [2.45, 2.75) is 69.4 Å². The van der Waals surface area contributed by atoms with E-state index < -0.39 is 0 Å². The Bertz CT molecular complexity index is 1030. The van der Waals surface area contributed by atoms with E-state index in [0.29, 0.717) is 23.5 Å². The van der Waals surface area contributed by atoms with Crippen LogP contribution in [-0.4, -0.2) is 26.7 Å². The lowest BCUT2D eigenvalue weighted by Crippen LogP contribution is -2.61. The number of thiophene rings is 1. The number of nitrogens with zero attached hydrogens (tertiary/aromatic N) is 4. The van der Waals surface area contributed by atoms with E-state index in [1.807, 2.05) is 34.5 Å². The standard InChI is InChI=1S/C23H26N4O2S/c28-21(19-11-7-15-30-19)26-17-9-3-2-8-16(17)23(12-4-1-5-13-23)27-22(26)24-20(25-27)18-10-6-14-29-18/h6-7,10-11,14-17H,1-5,8-9,12-13H2. The Morgan fingerprint density at radius 2 is 1.97 bits per heavy atom. The zero-order valence-corrected chi connectivity index (χ0v) is 17.8. The van der Waals surface area contributed by atoms with E-state index in [9.17, 15) is 4.79 Å². The van der Waals surface area contributed by atoms with E-state index >= 15 is 0 Å². The molecule has 7 heteroatoms. The van der Waals surface area contributed by atoms with Gasteiger partial charge in [-0.25, -0.2) is 4.68 Å². The molecule has 6 nitrogen and oxygen atoms in total. The van der Waals surface area contributed by atoms with Crippen molar-refractivity contribution in [3.8, 4) is 11.6 Å². The lowest BCUT2D eigenvalue weighted by molar-refractivity contribution is 0.0314. The highest BCUT2D eigenvalue weighted by Gasteiger charge is 2.55. The van der Waals surface area contributed by atoms with Gasteiger partial charge < -0.3 is 4.42 Å². The summed E-state index contributed by atoms with van der Waals surface area (Å²) in [5.74, 6) is 2.46. The summed E-state index contributed by atoms with van der Waals surface area (Å²) in [5.41, 5.74) is -0.0251. The summed E-state index contributed by atoms with van der Waals surface area (Å²) >= 11 is 1.50. The van der Waals surface area contributed by atoms with Crippen LogP contribution in [0.4, 0.5) is 5.95 Å². The van der Waals surface area contributed by atoms with Gasteiger partial charge >= 0.3 is 0 Å². The van der Waals surface area contributed by atoms with Gasteiger partial charge in [0.25, 0.3) is 5.91 Å². The van der Waals surface area contributed by atoms with Gasteiger partial charge in [-0.05, 0) is 49.3 Å². The molecule has 3 aliphatic rings. The molecule has 3 aromatic heterocycles. The molecule has 2 fully saturated rings. The van der Waals surface area contributed by atoms with Crippen LogP contribution in [0.5, 0.6) is 0 Å². The molecule has 30 heavy (non-hydrogen) atoms. The third-order valence-electron chi connectivity index (χ3n) is 7.39. The first-order valence-corrected chi connectivity index (χ1v) is 12.0. The van der Waals surface area contributed by atoms with E-state index in [1.165, 1.54) is 43.4 Å². The predicted molar refractivity (Wildman–Crippen MR) is 116 cm³/mol. The molecule has 0 N–H and O–H groups in total. The lowest BCUT2D eigenvalue weighted by atomic mass is 9.64. The van der Waals surface area contributed by atoms with Crippen molar-refractivity contribution < 1.29 is 9.21 Å². The summed E-state index contributed by atoms with van der Waals surface area (Å²) in [7, 11) is 0. The number of hydrogen-bond donors (Lipinski definition) is 0. The van der Waals surface area contributed by atoms with Gasteiger partial charge in [0.15, 0.2) is 5.76 Å². The largest absolute Gasteiger partial charge is 0.461 e. The molecule has 0 bridgehead atoms. The Morgan fingerprint density at radius 1 is 1.10 bits per heavy atom. The fourth-order valence-electron chi connectivity index (χ4n) is 6.13. The SMILES string of the molecule is O=C(c1cccs1)N1c2nc(-c3ccco3)nn2C2(CCCCC2)C2CCCCC21. The van der Waals surface area contributed by atoms with Crippen LogP contribution in [0.15, 0.2) is 40.3 Å². The van der Waals surface area contributed by atoms with Crippen molar-refractivity contribution in [3.05, 3.63) is 40.8 Å². The molecule has 0 radical (unpaired) electrons. The minimum Gasteiger partial charge on any atom is -0.461 e. The summed E-state index contributed by atoms with van der Waals surface area (Å²) in [6.07, 6.45) is 12.2. The first-order valence-electron chi connectivity index (χ1n) is 11.2. The molecule has 2 atom stereocenters. The average Bonchev–Trinajstić information content (AvgIpc) is 3.56. The van der Waals surface area contributed by atoms with Gasteiger partial charge in [-0.2, -0.15) is 4.98 Å². The van der Waals surface area contributed by atoms with E-state index in [2.05, 4.69) is 4.68 Å². The Hall–Kier alpha value is -2.41. The van der Waals surface area contributed by atoms with Crippen molar-refractivity contribution in [1.29, 1.82) is 0 Å². The Morgan fingerprint density at radius 3 is 2.73 bits per heavy atom. The molecule has 1 amide bonds. The molecule has 2 saturated carbocycles. The van der Waals surface area contributed by atoms with Crippen molar-refractivity contribution >= 4 is 23.2 Å². The molecule has 156 valence electrons. The van der Waals surface area contributed by atoms with Crippen LogP contribution in [0.3, 0.4) is 0 Å². The second-order valence-corrected chi connectivity index (χ2v) is 9.85. The molecule has 3 aromatic rings. The summed E-state index contributed by atoms with van der Waals surface area (Å²) in [6, 6.07) is 7.83. The monoisotopic (exact) mass is 422 g/mol. The molecular weight excluding hydrogens is 396 g/mol. The van der Waals surface area contributed by atoms with Crippen molar-refractivity contribution in [2.24, 2.45) is 5.92 Å². The number of fused-ring (bicyclic) bond motifs is 4. The summed E-state index contributed by atoms with van der Waals surface area (Å²) in [4.78, 5) is 21.3. The first-order chi connectivity index (χ1) is 14.8. The zero-order valence-electron chi connectivity index (χ0n) is 17.0. The fourth-order valence-corrected chi connectivity index (χ4v) is 6.79. The minimum atomic E-state index is -0.0251. The number of rotatable bonds is 2. The van der Waals surface area contributed by atoms with E-state index in [-0.39, 0.29) is 17.5 Å². The van der Waals surface area contributed by atoms with Crippen LogP contribution in [0.2, 0.25) is 0 Å². The quantitative estimate of drug-likeness (QED) is 0.549. The summed E-state index contributed by atoms with van der Waals surface area (Å²) in [6.45, 7) is 0. The highest BCUT2D eigenvalue weighted by atomic mass is 32.1. The number of amides is 1. The molecule has 2 aliphatic carbocycles. The molecule has 4 heterocycles. The number of carbonyl (C=O) groups excluding carboxylic acids is 1. The molecule has 0 saturated heterocycles. The maximum absolute atomic E-state index is 13.7. The van der Waals surface area contributed by atoms with Gasteiger partial charge in [-0.15, -0.1) is 16.4 Å². The van der Waals surface area contributed by atoms with E-state index in [0.717, 1.165) is 30.6 Å². The van der Waals surface area contributed by atoms with Crippen molar-refractivity contribution in [3.63, 3.8) is 0 Å². The van der Waals surface area contributed by atoms with Gasteiger partial charge in [-0.3, -0.25) is 9.69 Å². The zero-order chi connectivity index (χ0) is 20.1. The summed E-state index contributed by atoms with van der Waals surface area (Å²) in [5, 5.41) is 6.97. The van der Waals surface area contributed by atoms with E-state index in [4.69, 9.17) is 14.5 Å². The normalized spacial score (nSPS) is 25.1. The smallest absolute Gasteiger partial charge is 0.270 e. The highest BCUT2D eigenvalue weighted by molar-refractivity contribution is 7.12. The molecule has 1 aliphatic heterocycles. The van der Waals surface area contributed by atoms with Crippen LogP contribution in [0.1, 0.15) is 67.5 Å². The Kier molecular flexibility index (Phi) is 4.33. The molecular formula is C23H26N4O2S. The number of hydrogen-bond acceptors (Lipinski definition) is 5. The third-order valence-corrected chi connectivity index (χ3v) is 8.25. The lowest BCUT2D eigenvalue weighted by Gasteiger charge is -2.55. The van der Waals surface area contributed by atoms with Crippen LogP contribution < -0.4 is 4.90 Å². The fraction of sp³-hybridized carbons (Fsp3) is 0.522. The van der Waals surface area contributed by atoms with Crippen LogP contribution >= 0.6 is 11.3 Å². The molecule has 6 rings (SSSR count). The molecule has 2 unspecified atom stereocenters. The first kappa shape index (κ1) is 18.4. The van der Waals surface area contributed by atoms with Gasteiger partial charge in [-0.1, -0.05) is 38.2 Å². The van der Waals surface area contributed by atoms with Crippen LogP contribution in [0, 0.1) is 5.92 Å². The number of aromatic nitrogens is 3. The van der Waals surface area contributed by atoms with Crippen LogP contribution in [-0.2, 0) is 5.54 Å². The van der Waals surface area contributed by atoms with Gasteiger partial charge in [0.1, 0.15) is 0 Å². The van der Waals surface area contributed by atoms with Crippen molar-refractivity contribution in [1.82, 2.24) is 14.8 Å². The maximum atomic E-state index is 13.7. The van der Waals surface area contributed by atoms with Crippen molar-refractivity contribution in [2.75, 3.05) is 4.90 Å². The topological polar surface area (TPSA) is 64.2 Å². The van der Waals surface area contributed by atoms with Gasteiger partial charge in [0.05, 0.1) is 16.7 Å². The predicted octanol–water partition coefficient (Wildman–Crippen LogP) is 5.48. The molecule has 1 spiro atoms. The van der Waals surface area contributed by atoms with Gasteiger partial charge in [0.2, 0.25) is 11.8 Å². The van der Waals surface area contributed by atoms with Gasteiger partial charge in [0, 0.05) is 12.0 Å². The number of furan rings is 1. The highest BCUT2D eigenvalue weighted by Crippen LogP contribution is 2.53. The second kappa shape index (κ2) is 7.08. The van der Waals surface area contributed by atoms with Crippen LogP contribution in [0.25, 0.3) is 11.6 Å². The Labute approximate surface area is 179 Å². The van der Waals surface area contributed by atoms with E-state index in [1.54, 1.807) is 6.26 Å². The molecule has 0 aromatic carbocycles.